The number of rotatable bonds is 3. The quantitative estimate of drug-likeness (QED) is 0.828. The van der Waals surface area contributed by atoms with Gasteiger partial charge in [-0.15, -0.1) is 0 Å². The van der Waals surface area contributed by atoms with Crippen molar-refractivity contribution >= 4 is 5.78 Å². The second-order valence-electron chi connectivity index (χ2n) is 7.82. The number of Topliss-reactive ketones (excluding diaryl/α,β-unsaturated/α-hetero) is 1. The molecule has 0 radical (unpaired) electrons. The lowest BCUT2D eigenvalue weighted by molar-refractivity contribution is -0.117. The van der Waals surface area contributed by atoms with E-state index in [2.05, 4.69) is 20.8 Å². The summed E-state index contributed by atoms with van der Waals surface area (Å²) in [5.74, 6) is 0.813. The van der Waals surface area contributed by atoms with Gasteiger partial charge in [-0.2, -0.15) is 0 Å². The fourth-order valence-electron chi connectivity index (χ4n) is 3.45. The third kappa shape index (κ3) is 8.38. The van der Waals surface area contributed by atoms with Gasteiger partial charge in [0, 0.05) is 12.5 Å². The van der Waals surface area contributed by atoms with Crippen LogP contribution in [0.2, 0.25) is 0 Å². The molecule has 0 bridgehead atoms. The van der Waals surface area contributed by atoms with E-state index in [4.69, 9.17) is 11.5 Å². The first-order chi connectivity index (χ1) is 8.49. The molecule has 0 heterocycles. The Morgan fingerprint density at radius 1 is 1.26 bits per heavy atom. The van der Waals surface area contributed by atoms with Gasteiger partial charge in [0.05, 0.1) is 0 Å². The molecule has 19 heavy (non-hydrogen) atoms. The number of hydrogen-bond donors (Lipinski definition) is 2. The van der Waals surface area contributed by atoms with Gasteiger partial charge in [0.15, 0.2) is 0 Å². The molecule has 2 unspecified atom stereocenters. The van der Waals surface area contributed by atoms with E-state index in [1.54, 1.807) is 6.92 Å². The first-order valence-electron chi connectivity index (χ1n) is 7.45. The molecule has 0 saturated heterocycles. The third-order valence-electron chi connectivity index (χ3n) is 3.66. The Balaban J connectivity index is 0.000000399. The SMILES string of the molecule is CC(=O)CC(C)C.CC1(C)CC(N)CC(C)(CN)C1. The summed E-state index contributed by atoms with van der Waals surface area (Å²) in [4.78, 5) is 10.3. The molecule has 3 nitrogen and oxygen atoms in total. The van der Waals surface area contributed by atoms with E-state index in [1.807, 2.05) is 13.8 Å². The van der Waals surface area contributed by atoms with E-state index < -0.39 is 0 Å². The topological polar surface area (TPSA) is 69.1 Å². The monoisotopic (exact) mass is 270 g/mol. The molecule has 1 saturated carbocycles. The van der Waals surface area contributed by atoms with Gasteiger partial charge >= 0.3 is 0 Å². The lowest BCUT2D eigenvalue weighted by Gasteiger charge is -2.45. The Labute approximate surface area is 119 Å². The van der Waals surface area contributed by atoms with Crippen LogP contribution in [0.3, 0.4) is 0 Å². The molecule has 114 valence electrons. The standard InChI is InChI=1S/C10H22N2.C6H12O/c1-9(2)4-8(12)5-10(3,6-9)7-11;1-5(2)4-6(3)7/h8H,4-7,11-12H2,1-3H3;5H,4H2,1-3H3. The Bertz CT molecular complexity index is 286. The van der Waals surface area contributed by atoms with Gasteiger partial charge < -0.3 is 16.3 Å². The summed E-state index contributed by atoms with van der Waals surface area (Å²) in [6.07, 6.45) is 4.17. The first kappa shape index (κ1) is 18.6. The van der Waals surface area contributed by atoms with Gasteiger partial charge in [-0.3, -0.25) is 0 Å². The van der Waals surface area contributed by atoms with E-state index >= 15 is 0 Å². The lowest BCUT2D eigenvalue weighted by Crippen LogP contribution is -2.45. The lowest BCUT2D eigenvalue weighted by atomic mass is 9.63. The van der Waals surface area contributed by atoms with Crippen LogP contribution in [0.5, 0.6) is 0 Å². The normalized spacial score (nSPS) is 29.6. The molecule has 0 aromatic heterocycles. The molecule has 0 aliphatic heterocycles. The summed E-state index contributed by atoms with van der Waals surface area (Å²) in [5, 5.41) is 0. The highest BCUT2D eigenvalue weighted by Gasteiger charge is 2.38. The molecule has 0 amide bonds. The van der Waals surface area contributed by atoms with Crippen molar-refractivity contribution in [1.82, 2.24) is 0 Å². The Morgan fingerprint density at radius 3 is 2.05 bits per heavy atom. The highest BCUT2D eigenvalue weighted by molar-refractivity contribution is 5.75. The predicted molar refractivity (Wildman–Crippen MR) is 82.9 cm³/mol. The van der Waals surface area contributed by atoms with Crippen molar-refractivity contribution in [3.8, 4) is 0 Å². The van der Waals surface area contributed by atoms with Gasteiger partial charge in [0.2, 0.25) is 0 Å². The van der Waals surface area contributed by atoms with Crippen molar-refractivity contribution in [2.75, 3.05) is 6.54 Å². The van der Waals surface area contributed by atoms with Crippen LogP contribution in [-0.2, 0) is 4.79 Å². The molecule has 2 atom stereocenters. The summed E-state index contributed by atoms with van der Waals surface area (Å²) in [5.41, 5.74) is 12.4. The minimum atomic E-state index is 0.279. The average Bonchev–Trinajstić information content (AvgIpc) is 2.12. The number of carbonyl (C=O) groups is 1. The molecule has 4 N–H and O–H groups in total. The van der Waals surface area contributed by atoms with Crippen molar-refractivity contribution in [3.05, 3.63) is 0 Å². The molecule has 1 fully saturated rings. The average molecular weight is 270 g/mol. The first-order valence-corrected chi connectivity index (χ1v) is 7.45. The maximum Gasteiger partial charge on any atom is 0.130 e. The highest BCUT2D eigenvalue weighted by atomic mass is 16.1. The molecule has 3 heteroatoms. The van der Waals surface area contributed by atoms with E-state index in [0.29, 0.717) is 17.4 Å². The van der Waals surface area contributed by atoms with Gasteiger partial charge in [-0.05, 0) is 49.5 Å². The molecule has 1 aliphatic rings. The van der Waals surface area contributed by atoms with Crippen molar-refractivity contribution in [1.29, 1.82) is 0 Å². The van der Waals surface area contributed by atoms with Crippen LogP contribution in [0.1, 0.15) is 67.2 Å². The summed E-state index contributed by atoms with van der Waals surface area (Å²) in [6, 6.07) is 0.349. The Hall–Kier alpha value is -0.410. The van der Waals surface area contributed by atoms with Crippen LogP contribution in [0, 0.1) is 16.7 Å². The number of carbonyl (C=O) groups excluding carboxylic acids is 1. The van der Waals surface area contributed by atoms with E-state index in [1.165, 1.54) is 6.42 Å². The Kier molecular flexibility index (Phi) is 7.23. The van der Waals surface area contributed by atoms with Crippen molar-refractivity contribution in [2.24, 2.45) is 28.2 Å². The fraction of sp³-hybridized carbons (Fsp3) is 0.938. The largest absolute Gasteiger partial charge is 0.330 e. The second kappa shape index (κ2) is 7.39. The molecule has 0 spiro atoms. The second-order valence-corrected chi connectivity index (χ2v) is 7.82. The summed E-state index contributed by atoms with van der Waals surface area (Å²) in [7, 11) is 0. The van der Waals surface area contributed by atoms with Crippen LogP contribution in [0.25, 0.3) is 0 Å². The number of ketones is 1. The minimum absolute atomic E-state index is 0.279. The van der Waals surface area contributed by atoms with Crippen LogP contribution in [0.15, 0.2) is 0 Å². The van der Waals surface area contributed by atoms with Crippen LogP contribution in [-0.4, -0.2) is 18.4 Å². The predicted octanol–water partition coefficient (Wildman–Crippen LogP) is 3.11. The molecule has 1 aliphatic carbocycles. The fourth-order valence-corrected chi connectivity index (χ4v) is 3.45. The van der Waals surface area contributed by atoms with Crippen LogP contribution >= 0.6 is 0 Å². The van der Waals surface area contributed by atoms with Gasteiger partial charge in [0.25, 0.3) is 0 Å². The molecule has 0 aromatic rings. The van der Waals surface area contributed by atoms with Gasteiger partial charge in [-0.1, -0.05) is 34.6 Å². The van der Waals surface area contributed by atoms with E-state index in [-0.39, 0.29) is 11.2 Å². The minimum Gasteiger partial charge on any atom is -0.330 e. The van der Waals surface area contributed by atoms with E-state index in [0.717, 1.165) is 25.8 Å². The van der Waals surface area contributed by atoms with Crippen LogP contribution in [0.4, 0.5) is 0 Å². The maximum atomic E-state index is 10.3. The molecular weight excluding hydrogens is 236 g/mol. The highest BCUT2D eigenvalue weighted by Crippen LogP contribution is 2.44. The van der Waals surface area contributed by atoms with Crippen molar-refractivity contribution in [2.45, 2.75) is 73.3 Å². The Morgan fingerprint density at radius 2 is 1.79 bits per heavy atom. The third-order valence-corrected chi connectivity index (χ3v) is 3.66. The van der Waals surface area contributed by atoms with Crippen molar-refractivity contribution < 1.29 is 4.79 Å². The zero-order chi connectivity index (χ0) is 15.3. The van der Waals surface area contributed by atoms with E-state index in [9.17, 15) is 4.79 Å². The number of nitrogens with two attached hydrogens (primary N) is 2. The molecule has 0 aromatic carbocycles. The zero-order valence-corrected chi connectivity index (χ0v) is 13.8. The zero-order valence-electron chi connectivity index (χ0n) is 13.8. The summed E-state index contributed by atoms with van der Waals surface area (Å²) >= 11 is 0. The smallest absolute Gasteiger partial charge is 0.130 e. The maximum absolute atomic E-state index is 10.3. The summed E-state index contributed by atoms with van der Waals surface area (Å²) < 4.78 is 0. The molecular formula is C16H34N2O. The van der Waals surface area contributed by atoms with Crippen molar-refractivity contribution in [3.63, 3.8) is 0 Å². The van der Waals surface area contributed by atoms with Crippen LogP contribution < -0.4 is 11.5 Å². The van der Waals surface area contributed by atoms with Gasteiger partial charge in [-0.25, -0.2) is 0 Å². The molecule has 1 rings (SSSR count). The number of hydrogen-bond acceptors (Lipinski definition) is 3. The van der Waals surface area contributed by atoms with Gasteiger partial charge in [0.1, 0.15) is 5.78 Å². The summed E-state index contributed by atoms with van der Waals surface area (Å²) in [6.45, 7) is 13.3.